The normalized spacial score (nSPS) is 12.4. The van der Waals surface area contributed by atoms with Crippen molar-refractivity contribution in [3.05, 3.63) is 68.1 Å². The van der Waals surface area contributed by atoms with Crippen molar-refractivity contribution < 1.29 is 8.78 Å². The van der Waals surface area contributed by atoms with Crippen LogP contribution in [0.25, 0.3) is 0 Å². The van der Waals surface area contributed by atoms with E-state index in [9.17, 15) is 8.78 Å². The van der Waals surface area contributed by atoms with E-state index < -0.39 is 11.6 Å². The first-order valence-electron chi connectivity index (χ1n) is 5.87. The number of hydrogen-bond acceptors (Lipinski definition) is 2. The number of hydrazine groups is 1. The quantitative estimate of drug-likeness (QED) is 0.589. The Balaban J connectivity index is 2.31. The number of nitrogens with two attached hydrogens (primary N) is 1. The van der Waals surface area contributed by atoms with Gasteiger partial charge in [0.05, 0.1) is 6.04 Å². The predicted octanol–water partition coefficient (Wildman–Crippen LogP) is 4.24. The molecule has 0 radical (unpaired) electrons. The summed E-state index contributed by atoms with van der Waals surface area (Å²) >= 11 is 6.81. The topological polar surface area (TPSA) is 38.0 Å². The van der Waals surface area contributed by atoms with Crippen LogP contribution in [-0.2, 0) is 6.42 Å². The van der Waals surface area contributed by atoms with E-state index in [0.29, 0.717) is 0 Å². The van der Waals surface area contributed by atoms with Gasteiger partial charge in [0, 0.05) is 8.95 Å². The van der Waals surface area contributed by atoms with E-state index in [2.05, 4.69) is 37.3 Å². The molecule has 0 saturated heterocycles. The lowest BCUT2D eigenvalue weighted by atomic mass is 9.99. The summed E-state index contributed by atoms with van der Waals surface area (Å²) in [5, 5.41) is 0. The Morgan fingerprint density at radius 1 is 1.15 bits per heavy atom. The Labute approximate surface area is 132 Å². The summed E-state index contributed by atoms with van der Waals surface area (Å²) in [6.45, 7) is 0. The first kappa shape index (κ1) is 15.6. The highest BCUT2D eigenvalue weighted by atomic mass is 79.9. The number of benzene rings is 2. The molecule has 20 heavy (non-hydrogen) atoms. The van der Waals surface area contributed by atoms with Gasteiger partial charge in [0.15, 0.2) is 11.6 Å². The standard InChI is InChI=1S/C14H12Br2F2N2/c15-9-4-5-10(11(16)7-9)13(20-19)6-8-2-1-3-12(17)14(8)18/h1-5,7,13,20H,6,19H2. The summed E-state index contributed by atoms with van der Waals surface area (Å²) in [5.41, 5.74) is 3.79. The van der Waals surface area contributed by atoms with Crippen molar-refractivity contribution in [1.29, 1.82) is 0 Å². The van der Waals surface area contributed by atoms with Gasteiger partial charge in [0.25, 0.3) is 0 Å². The van der Waals surface area contributed by atoms with Crippen LogP contribution in [-0.4, -0.2) is 0 Å². The fourth-order valence-electron chi connectivity index (χ4n) is 1.97. The van der Waals surface area contributed by atoms with E-state index in [4.69, 9.17) is 5.84 Å². The van der Waals surface area contributed by atoms with E-state index >= 15 is 0 Å². The van der Waals surface area contributed by atoms with Crippen LogP contribution < -0.4 is 11.3 Å². The van der Waals surface area contributed by atoms with Crippen molar-refractivity contribution in [2.24, 2.45) is 5.84 Å². The molecule has 6 heteroatoms. The van der Waals surface area contributed by atoms with Gasteiger partial charge in [-0.1, -0.05) is 50.1 Å². The van der Waals surface area contributed by atoms with Crippen LogP contribution in [0.5, 0.6) is 0 Å². The lowest BCUT2D eigenvalue weighted by molar-refractivity contribution is 0.481. The summed E-state index contributed by atoms with van der Waals surface area (Å²) in [5.74, 6) is 3.86. The van der Waals surface area contributed by atoms with Crippen LogP contribution in [0.15, 0.2) is 45.3 Å². The van der Waals surface area contributed by atoms with Gasteiger partial charge in [0.2, 0.25) is 0 Å². The average molecular weight is 406 g/mol. The molecule has 0 heterocycles. The first-order chi connectivity index (χ1) is 9.52. The summed E-state index contributed by atoms with van der Waals surface area (Å²) in [7, 11) is 0. The van der Waals surface area contributed by atoms with Gasteiger partial charge in [-0.3, -0.25) is 11.3 Å². The molecule has 0 aliphatic carbocycles. The largest absolute Gasteiger partial charge is 0.271 e. The van der Waals surface area contributed by atoms with Crippen molar-refractivity contribution in [1.82, 2.24) is 5.43 Å². The van der Waals surface area contributed by atoms with Gasteiger partial charge in [-0.25, -0.2) is 8.78 Å². The zero-order chi connectivity index (χ0) is 14.7. The molecule has 0 aliphatic heterocycles. The van der Waals surface area contributed by atoms with E-state index in [-0.39, 0.29) is 18.0 Å². The Kier molecular flexibility index (Phi) is 5.26. The molecule has 0 bridgehead atoms. The van der Waals surface area contributed by atoms with Crippen molar-refractivity contribution in [2.75, 3.05) is 0 Å². The molecule has 2 aromatic carbocycles. The van der Waals surface area contributed by atoms with E-state index in [0.717, 1.165) is 20.6 Å². The molecular formula is C14H12Br2F2N2. The van der Waals surface area contributed by atoms with Crippen LogP contribution >= 0.6 is 31.9 Å². The van der Waals surface area contributed by atoms with Crippen LogP contribution in [0.3, 0.4) is 0 Å². The maximum Gasteiger partial charge on any atom is 0.162 e. The third-order valence-electron chi connectivity index (χ3n) is 2.99. The molecule has 1 atom stereocenters. The highest BCUT2D eigenvalue weighted by molar-refractivity contribution is 9.11. The van der Waals surface area contributed by atoms with Crippen LogP contribution in [0, 0.1) is 11.6 Å². The van der Waals surface area contributed by atoms with Gasteiger partial charge in [-0.05, 0) is 35.7 Å². The van der Waals surface area contributed by atoms with Gasteiger partial charge in [-0.2, -0.15) is 0 Å². The summed E-state index contributed by atoms with van der Waals surface area (Å²) in [6.07, 6.45) is 0.250. The van der Waals surface area contributed by atoms with Crippen molar-refractivity contribution in [3.63, 3.8) is 0 Å². The Morgan fingerprint density at radius 3 is 2.55 bits per heavy atom. The fourth-order valence-corrected chi connectivity index (χ4v) is 3.29. The molecule has 2 nitrogen and oxygen atoms in total. The fraction of sp³-hybridized carbons (Fsp3) is 0.143. The first-order valence-corrected chi connectivity index (χ1v) is 7.45. The van der Waals surface area contributed by atoms with Crippen LogP contribution in [0.2, 0.25) is 0 Å². The lowest BCUT2D eigenvalue weighted by Gasteiger charge is -2.18. The second kappa shape index (κ2) is 6.76. The summed E-state index contributed by atoms with van der Waals surface area (Å²) < 4.78 is 28.7. The van der Waals surface area contributed by atoms with Crippen LogP contribution in [0.1, 0.15) is 17.2 Å². The molecule has 0 aromatic heterocycles. The number of hydrogen-bond donors (Lipinski definition) is 2. The molecule has 0 spiro atoms. The number of halogens is 4. The Morgan fingerprint density at radius 2 is 1.90 bits per heavy atom. The van der Waals surface area contributed by atoms with Gasteiger partial charge in [0.1, 0.15) is 0 Å². The molecule has 0 amide bonds. The zero-order valence-electron chi connectivity index (χ0n) is 10.3. The molecular weight excluding hydrogens is 394 g/mol. The van der Waals surface area contributed by atoms with Crippen molar-refractivity contribution >= 4 is 31.9 Å². The molecule has 2 aromatic rings. The molecule has 0 saturated carbocycles. The third-order valence-corrected chi connectivity index (χ3v) is 4.17. The maximum atomic E-state index is 13.7. The molecule has 0 fully saturated rings. The lowest BCUT2D eigenvalue weighted by Crippen LogP contribution is -2.30. The molecule has 2 rings (SSSR count). The smallest absolute Gasteiger partial charge is 0.162 e. The number of nitrogens with one attached hydrogen (secondary N) is 1. The minimum absolute atomic E-state index is 0.250. The minimum Gasteiger partial charge on any atom is -0.271 e. The summed E-state index contributed by atoms with van der Waals surface area (Å²) in [6, 6.07) is 9.42. The Bertz CT molecular complexity index is 620. The SMILES string of the molecule is NNC(Cc1cccc(F)c1F)c1ccc(Br)cc1Br. The van der Waals surface area contributed by atoms with Crippen LogP contribution in [0.4, 0.5) is 8.78 Å². The van der Waals surface area contributed by atoms with E-state index in [1.807, 2.05) is 18.2 Å². The van der Waals surface area contributed by atoms with Crippen molar-refractivity contribution in [2.45, 2.75) is 12.5 Å². The minimum atomic E-state index is -0.854. The highest BCUT2D eigenvalue weighted by Crippen LogP contribution is 2.29. The molecule has 0 aliphatic rings. The third kappa shape index (κ3) is 3.44. The second-order valence-corrected chi connectivity index (χ2v) is 6.07. The summed E-state index contributed by atoms with van der Waals surface area (Å²) in [4.78, 5) is 0. The molecule has 106 valence electrons. The van der Waals surface area contributed by atoms with Gasteiger partial charge < -0.3 is 0 Å². The predicted molar refractivity (Wildman–Crippen MR) is 82.0 cm³/mol. The van der Waals surface area contributed by atoms with E-state index in [1.54, 1.807) is 6.07 Å². The molecule has 1 unspecified atom stereocenters. The van der Waals surface area contributed by atoms with E-state index in [1.165, 1.54) is 6.07 Å². The zero-order valence-corrected chi connectivity index (χ0v) is 13.5. The van der Waals surface area contributed by atoms with Crippen molar-refractivity contribution in [3.8, 4) is 0 Å². The second-order valence-electron chi connectivity index (χ2n) is 4.30. The average Bonchev–Trinajstić information content (AvgIpc) is 2.41. The monoisotopic (exact) mass is 404 g/mol. The Hall–Kier alpha value is -0.820. The van der Waals surface area contributed by atoms with Gasteiger partial charge in [-0.15, -0.1) is 0 Å². The number of rotatable bonds is 4. The molecule has 3 N–H and O–H groups in total. The highest BCUT2D eigenvalue weighted by Gasteiger charge is 2.17. The van der Waals surface area contributed by atoms with Gasteiger partial charge >= 0.3 is 0 Å². The maximum absolute atomic E-state index is 13.7.